The van der Waals surface area contributed by atoms with Crippen molar-refractivity contribution in [3.05, 3.63) is 33.4 Å². The molecule has 0 spiro atoms. The van der Waals surface area contributed by atoms with Crippen LogP contribution in [0.25, 0.3) is 5.65 Å². The molecule has 1 fully saturated rings. The number of nitrogens with one attached hydrogen (secondary N) is 2. The Kier molecular flexibility index (Phi) is 7.05. The number of aryl methyl sites for hydroxylation is 2. The molecule has 1 amide bonds. The molecule has 0 aromatic carbocycles. The van der Waals surface area contributed by atoms with Gasteiger partial charge in [0.05, 0.1) is 5.54 Å². The second-order valence-corrected chi connectivity index (χ2v) is 6.47. The predicted molar refractivity (Wildman–Crippen MR) is 102 cm³/mol. The van der Waals surface area contributed by atoms with Crippen LogP contribution in [0.4, 0.5) is 0 Å². The van der Waals surface area contributed by atoms with E-state index in [9.17, 15) is 9.59 Å². The van der Waals surface area contributed by atoms with Gasteiger partial charge in [-0.05, 0) is 26.7 Å². The average Bonchev–Trinajstić information content (AvgIpc) is 2.88. The molecule has 0 saturated heterocycles. The summed E-state index contributed by atoms with van der Waals surface area (Å²) in [6.07, 6.45) is 4.62. The number of carbonyl (C=O) groups excluding carboxylic acids is 1. The van der Waals surface area contributed by atoms with Crippen LogP contribution in [0, 0.1) is 13.8 Å². The molecule has 1 aliphatic rings. The molecule has 2 aromatic rings. The average molecular weight is 390 g/mol. The van der Waals surface area contributed by atoms with Gasteiger partial charge in [0.1, 0.15) is 0 Å². The van der Waals surface area contributed by atoms with Crippen LogP contribution in [-0.4, -0.2) is 26.0 Å². The summed E-state index contributed by atoms with van der Waals surface area (Å²) in [4.78, 5) is 28.4. The summed E-state index contributed by atoms with van der Waals surface area (Å²) in [5.74, 6) is -0.0999. The Morgan fingerprint density at radius 2 is 1.96 bits per heavy atom. The fraction of sp³-hybridized carbons (Fsp3) is 0.562. The van der Waals surface area contributed by atoms with Crippen LogP contribution >= 0.6 is 24.8 Å². The van der Waals surface area contributed by atoms with Gasteiger partial charge >= 0.3 is 0 Å². The van der Waals surface area contributed by atoms with Crippen molar-refractivity contribution in [3.63, 3.8) is 0 Å². The third-order valence-corrected chi connectivity index (χ3v) is 4.83. The largest absolute Gasteiger partial charge is 0.350 e. The Balaban J connectivity index is 0.00000156. The van der Waals surface area contributed by atoms with E-state index < -0.39 is 5.54 Å². The van der Waals surface area contributed by atoms with Gasteiger partial charge in [-0.3, -0.25) is 14.7 Å². The second-order valence-electron chi connectivity index (χ2n) is 6.47. The summed E-state index contributed by atoms with van der Waals surface area (Å²) in [5.41, 5.74) is 8.47. The first-order valence-corrected chi connectivity index (χ1v) is 8.06. The second kappa shape index (κ2) is 8.21. The Morgan fingerprint density at radius 1 is 1.32 bits per heavy atom. The molecular weight excluding hydrogens is 365 g/mol. The number of hydrogen-bond acceptors (Lipinski definition) is 4. The highest BCUT2D eigenvalue weighted by Gasteiger charge is 2.35. The number of nitrogens with zero attached hydrogens (tertiary/aromatic N) is 2. The Labute approximate surface area is 158 Å². The standard InChI is InChI=1S/C16H23N5O2.2ClH/c1-10-12(11(2)21-13(19-10)8-14(22)20-21)9-18-15(23)16(17)6-4-3-5-7-16;;/h8H,3-7,9,17H2,1-2H3,(H,18,23)(H,20,22);2*1H. The molecule has 1 saturated carbocycles. The van der Waals surface area contributed by atoms with E-state index in [1.54, 1.807) is 4.52 Å². The highest BCUT2D eigenvalue weighted by Crippen LogP contribution is 2.26. The zero-order chi connectivity index (χ0) is 16.6. The van der Waals surface area contributed by atoms with Crippen LogP contribution in [0.5, 0.6) is 0 Å². The number of carbonyl (C=O) groups is 1. The number of aromatic nitrogens is 3. The van der Waals surface area contributed by atoms with Crippen molar-refractivity contribution in [2.75, 3.05) is 0 Å². The van der Waals surface area contributed by atoms with Crippen molar-refractivity contribution in [1.29, 1.82) is 0 Å². The summed E-state index contributed by atoms with van der Waals surface area (Å²) in [6.45, 7) is 4.14. The van der Waals surface area contributed by atoms with E-state index in [-0.39, 0.29) is 36.3 Å². The molecule has 140 valence electrons. The van der Waals surface area contributed by atoms with Crippen molar-refractivity contribution >= 4 is 36.4 Å². The molecule has 0 bridgehead atoms. The van der Waals surface area contributed by atoms with Gasteiger partial charge in [0.2, 0.25) is 5.91 Å². The fourth-order valence-electron chi connectivity index (χ4n) is 3.37. The molecule has 0 radical (unpaired) electrons. The number of aromatic amines is 1. The van der Waals surface area contributed by atoms with Gasteiger partial charge in [0.25, 0.3) is 5.56 Å². The number of fused-ring (bicyclic) bond motifs is 1. The van der Waals surface area contributed by atoms with Gasteiger partial charge < -0.3 is 11.1 Å². The normalized spacial score (nSPS) is 16.0. The van der Waals surface area contributed by atoms with Crippen molar-refractivity contribution in [1.82, 2.24) is 19.9 Å². The number of H-pyrrole nitrogens is 1. The Hall–Kier alpha value is -1.57. The maximum absolute atomic E-state index is 12.5. The van der Waals surface area contributed by atoms with Gasteiger partial charge in [-0.1, -0.05) is 19.3 Å². The minimum atomic E-state index is -0.751. The number of amides is 1. The smallest absolute Gasteiger partial charge is 0.266 e. The lowest BCUT2D eigenvalue weighted by molar-refractivity contribution is -0.127. The molecule has 0 aliphatic heterocycles. The monoisotopic (exact) mass is 389 g/mol. The highest BCUT2D eigenvalue weighted by molar-refractivity contribution is 5.86. The van der Waals surface area contributed by atoms with E-state index in [0.717, 1.165) is 49.1 Å². The first kappa shape index (κ1) is 21.5. The summed E-state index contributed by atoms with van der Waals surface area (Å²) in [7, 11) is 0. The zero-order valence-electron chi connectivity index (χ0n) is 14.4. The first-order chi connectivity index (χ1) is 10.9. The van der Waals surface area contributed by atoms with E-state index in [2.05, 4.69) is 15.4 Å². The molecule has 25 heavy (non-hydrogen) atoms. The minimum Gasteiger partial charge on any atom is -0.350 e. The van der Waals surface area contributed by atoms with Gasteiger partial charge in [-0.15, -0.1) is 24.8 Å². The molecule has 2 heterocycles. The molecule has 9 heteroatoms. The SMILES string of the molecule is Cc1nc2cc(=O)[nH]n2c(C)c1CNC(=O)C1(N)CCCCC1.Cl.Cl. The maximum atomic E-state index is 12.5. The van der Waals surface area contributed by atoms with Gasteiger partial charge in [-0.25, -0.2) is 9.50 Å². The summed E-state index contributed by atoms with van der Waals surface area (Å²) in [6, 6.07) is 1.46. The van der Waals surface area contributed by atoms with Gasteiger partial charge in [-0.2, -0.15) is 0 Å². The molecule has 0 unspecified atom stereocenters. The number of nitrogens with two attached hydrogens (primary N) is 1. The van der Waals surface area contributed by atoms with E-state index >= 15 is 0 Å². The third kappa shape index (κ3) is 4.16. The number of rotatable bonds is 3. The topological polar surface area (TPSA) is 105 Å². The van der Waals surface area contributed by atoms with Crippen molar-refractivity contribution in [2.45, 2.75) is 58.0 Å². The lowest BCUT2D eigenvalue weighted by atomic mass is 9.82. The molecule has 4 N–H and O–H groups in total. The van der Waals surface area contributed by atoms with Gasteiger partial charge in [0, 0.05) is 29.6 Å². The first-order valence-electron chi connectivity index (χ1n) is 8.06. The maximum Gasteiger partial charge on any atom is 0.266 e. The van der Waals surface area contributed by atoms with E-state index in [4.69, 9.17) is 5.73 Å². The molecule has 7 nitrogen and oxygen atoms in total. The van der Waals surface area contributed by atoms with Crippen molar-refractivity contribution < 1.29 is 4.79 Å². The van der Waals surface area contributed by atoms with E-state index in [1.165, 1.54) is 6.07 Å². The predicted octanol–water partition coefficient (Wildman–Crippen LogP) is 1.76. The Bertz CT molecular complexity index is 809. The zero-order valence-corrected chi connectivity index (χ0v) is 16.1. The van der Waals surface area contributed by atoms with E-state index in [0.29, 0.717) is 12.2 Å². The molecule has 1 aliphatic carbocycles. The lowest BCUT2D eigenvalue weighted by Gasteiger charge is -2.32. The van der Waals surface area contributed by atoms with Crippen LogP contribution in [0.3, 0.4) is 0 Å². The van der Waals surface area contributed by atoms with Crippen LogP contribution in [0.2, 0.25) is 0 Å². The molecule has 0 atom stereocenters. The molecular formula is C16H25Cl2N5O2. The summed E-state index contributed by atoms with van der Waals surface area (Å²) >= 11 is 0. The Morgan fingerprint density at radius 3 is 2.60 bits per heavy atom. The van der Waals surface area contributed by atoms with Crippen LogP contribution in [-0.2, 0) is 11.3 Å². The van der Waals surface area contributed by atoms with Crippen molar-refractivity contribution in [3.8, 4) is 0 Å². The quantitative estimate of drug-likeness (QED) is 0.743. The van der Waals surface area contributed by atoms with Crippen LogP contribution in [0.15, 0.2) is 10.9 Å². The highest BCUT2D eigenvalue weighted by atomic mass is 35.5. The van der Waals surface area contributed by atoms with E-state index in [1.807, 2.05) is 13.8 Å². The number of halogens is 2. The van der Waals surface area contributed by atoms with Gasteiger partial charge in [0.15, 0.2) is 5.65 Å². The molecule has 3 rings (SSSR count). The summed E-state index contributed by atoms with van der Waals surface area (Å²) < 4.78 is 1.65. The number of hydrogen-bond donors (Lipinski definition) is 3. The fourth-order valence-corrected chi connectivity index (χ4v) is 3.37. The third-order valence-electron chi connectivity index (χ3n) is 4.83. The lowest BCUT2D eigenvalue weighted by Crippen LogP contribution is -2.54. The van der Waals surface area contributed by atoms with Crippen LogP contribution in [0.1, 0.15) is 49.1 Å². The van der Waals surface area contributed by atoms with Crippen LogP contribution < -0.4 is 16.6 Å². The minimum absolute atomic E-state index is 0. The van der Waals surface area contributed by atoms with Crippen molar-refractivity contribution in [2.24, 2.45) is 5.73 Å². The molecule has 2 aromatic heterocycles. The summed E-state index contributed by atoms with van der Waals surface area (Å²) in [5, 5.41) is 5.67.